The molecule has 3 aliphatic rings. The Morgan fingerprint density at radius 1 is 0.962 bits per heavy atom. The van der Waals surface area contributed by atoms with Crippen LogP contribution in [-0.4, -0.2) is 49.7 Å². The molecule has 0 N–H and O–H groups in total. The predicted octanol–water partition coefficient (Wildman–Crippen LogP) is 2.88. The molecule has 1 atom stereocenters. The fourth-order valence-electron chi connectivity index (χ4n) is 5.11. The summed E-state index contributed by atoms with van der Waals surface area (Å²) in [5.41, 5.74) is -0.167. The van der Waals surface area contributed by atoms with Gasteiger partial charge in [-0.3, -0.25) is 4.79 Å². The fourth-order valence-corrected chi connectivity index (χ4v) is 6.68. The molecule has 0 aromatic heterocycles. The summed E-state index contributed by atoms with van der Waals surface area (Å²) < 4.78 is 27.9. The van der Waals surface area contributed by atoms with Gasteiger partial charge in [0.25, 0.3) is 0 Å². The quantitative estimate of drug-likeness (QED) is 0.815. The number of benzene rings is 1. The minimum atomic E-state index is -3.54. The maximum atomic E-state index is 13.2. The van der Waals surface area contributed by atoms with Gasteiger partial charge in [-0.1, -0.05) is 37.5 Å². The van der Waals surface area contributed by atoms with Gasteiger partial charge in [-0.2, -0.15) is 4.31 Å². The highest BCUT2D eigenvalue weighted by Gasteiger charge is 2.54. The van der Waals surface area contributed by atoms with Gasteiger partial charge in [0.2, 0.25) is 15.9 Å². The van der Waals surface area contributed by atoms with E-state index in [1.54, 1.807) is 28.6 Å². The van der Waals surface area contributed by atoms with Gasteiger partial charge >= 0.3 is 0 Å². The first-order valence-corrected chi connectivity index (χ1v) is 11.3. The smallest absolute Gasteiger partial charge is 0.243 e. The number of amides is 1. The summed E-state index contributed by atoms with van der Waals surface area (Å²) in [5.74, 6) is 0.00884. The predicted molar refractivity (Wildman–Crippen MR) is 100 cm³/mol. The number of carbonyl (C=O) groups excluding carboxylic acids is 1. The third-order valence-electron chi connectivity index (χ3n) is 6.56. The summed E-state index contributed by atoms with van der Waals surface area (Å²) in [6.07, 6.45) is 7.47. The second kappa shape index (κ2) is 6.97. The van der Waals surface area contributed by atoms with Crippen LogP contribution in [0.4, 0.5) is 0 Å². The molecule has 2 aliphatic heterocycles. The van der Waals surface area contributed by atoms with Crippen molar-refractivity contribution >= 4 is 15.9 Å². The van der Waals surface area contributed by atoms with Gasteiger partial charge in [-0.15, -0.1) is 0 Å². The maximum absolute atomic E-state index is 13.2. The summed E-state index contributed by atoms with van der Waals surface area (Å²) in [4.78, 5) is 15.5. The Labute approximate surface area is 156 Å². The largest absolute Gasteiger partial charge is 0.342 e. The van der Waals surface area contributed by atoms with Crippen LogP contribution in [0.3, 0.4) is 0 Å². The first-order chi connectivity index (χ1) is 12.5. The van der Waals surface area contributed by atoms with Crippen LogP contribution in [0, 0.1) is 11.3 Å². The molecule has 4 rings (SSSR count). The van der Waals surface area contributed by atoms with Crippen molar-refractivity contribution in [3.63, 3.8) is 0 Å². The van der Waals surface area contributed by atoms with Crippen molar-refractivity contribution in [1.82, 2.24) is 9.21 Å². The van der Waals surface area contributed by atoms with Gasteiger partial charge < -0.3 is 4.90 Å². The number of nitrogens with zero attached hydrogens (tertiary/aromatic N) is 2. The molecule has 0 radical (unpaired) electrons. The molecule has 142 valence electrons. The third kappa shape index (κ3) is 3.07. The van der Waals surface area contributed by atoms with E-state index in [9.17, 15) is 13.2 Å². The van der Waals surface area contributed by atoms with E-state index < -0.39 is 10.0 Å². The zero-order chi connectivity index (χ0) is 18.2. The van der Waals surface area contributed by atoms with Crippen molar-refractivity contribution in [2.75, 3.05) is 26.2 Å². The van der Waals surface area contributed by atoms with Gasteiger partial charge in [0.15, 0.2) is 0 Å². The van der Waals surface area contributed by atoms with Gasteiger partial charge in [0.1, 0.15) is 0 Å². The fraction of sp³-hybridized carbons (Fsp3) is 0.650. The van der Waals surface area contributed by atoms with Crippen LogP contribution in [-0.2, 0) is 14.8 Å². The number of likely N-dealkylation sites (tertiary alicyclic amines) is 1. The van der Waals surface area contributed by atoms with Gasteiger partial charge in [-0.25, -0.2) is 8.42 Å². The van der Waals surface area contributed by atoms with E-state index in [4.69, 9.17) is 0 Å². The molecule has 1 aliphatic carbocycles. The molecule has 1 aromatic rings. The molecular weight excluding hydrogens is 348 g/mol. The summed E-state index contributed by atoms with van der Waals surface area (Å²) in [5, 5.41) is 0. The topological polar surface area (TPSA) is 57.7 Å². The summed E-state index contributed by atoms with van der Waals surface area (Å²) in [7, 11) is -3.54. The standard InChI is InChI=1S/C20H28N2O3S/c23-19(21-13-7-8-14-21)18-15-22(16-20(18)11-5-2-6-12-20)26(24,25)17-9-3-1-4-10-17/h1,3-4,9-10,18H,2,5-8,11-16H2/t18-/m0/s1. The zero-order valence-corrected chi connectivity index (χ0v) is 16.1. The molecular formula is C20H28N2O3S. The number of rotatable bonds is 3. The Kier molecular flexibility index (Phi) is 4.82. The first kappa shape index (κ1) is 18.0. The molecule has 1 amide bonds. The van der Waals surface area contributed by atoms with Crippen LogP contribution in [0.25, 0.3) is 0 Å². The summed E-state index contributed by atoms with van der Waals surface area (Å²) >= 11 is 0. The first-order valence-electron chi connectivity index (χ1n) is 9.87. The normalized spacial score (nSPS) is 26.5. The van der Waals surface area contributed by atoms with Crippen molar-refractivity contribution in [2.45, 2.75) is 49.8 Å². The minimum absolute atomic E-state index is 0.167. The van der Waals surface area contributed by atoms with E-state index in [-0.39, 0.29) is 17.2 Å². The molecule has 1 saturated carbocycles. The van der Waals surface area contributed by atoms with E-state index in [1.165, 1.54) is 6.42 Å². The second-order valence-electron chi connectivity index (χ2n) is 8.12. The van der Waals surface area contributed by atoms with Crippen LogP contribution in [0.2, 0.25) is 0 Å². The molecule has 3 fully saturated rings. The molecule has 2 saturated heterocycles. The van der Waals surface area contributed by atoms with Crippen molar-refractivity contribution < 1.29 is 13.2 Å². The van der Waals surface area contributed by atoms with E-state index in [1.807, 2.05) is 11.0 Å². The monoisotopic (exact) mass is 376 g/mol. The van der Waals surface area contributed by atoms with E-state index in [0.717, 1.165) is 51.6 Å². The van der Waals surface area contributed by atoms with Gasteiger partial charge in [0, 0.05) is 26.2 Å². The molecule has 2 heterocycles. The minimum Gasteiger partial charge on any atom is -0.342 e. The Morgan fingerprint density at radius 2 is 1.62 bits per heavy atom. The highest BCUT2D eigenvalue weighted by Crippen LogP contribution is 2.49. The van der Waals surface area contributed by atoms with Crippen molar-refractivity contribution in [2.24, 2.45) is 11.3 Å². The summed E-state index contributed by atoms with van der Waals surface area (Å²) in [6, 6.07) is 8.64. The van der Waals surface area contributed by atoms with Gasteiger partial charge in [-0.05, 0) is 43.2 Å². The van der Waals surface area contributed by atoms with Crippen LogP contribution in [0.15, 0.2) is 35.2 Å². The van der Waals surface area contributed by atoms with Gasteiger partial charge in [0.05, 0.1) is 10.8 Å². The van der Waals surface area contributed by atoms with Crippen molar-refractivity contribution in [1.29, 1.82) is 0 Å². The number of sulfonamides is 1. The molecule has 1 spiro atoms. The van der Waals surface area contributed by atoms with Crippen LogP contribution >= 0.6 is 0 Å². The Balaban J connectivity index is 1.64. The second-order valence-corrected chi connectivity index (χ2v) is 10.1. The van der Waals surface area contributed by atoms with Crippen LogP contribution < -0.4 is 0 Å². The van der Waals surface area contributed by atoms with E-state index in [0.29, 0.717) is 18.0 Å². The molecule has 26 heavy (non-hydrogen) atoms. The highest BCUT2D eigenvalue weighted by atomic mass is 32.2. The number of hydrogen-bond acceptors (Lipinski definition) is 3. The summed E-state index contributed by atoms with van der Waals surface area (Å²) in [6.45, 7) is 2.49. The lowest BCUT2D eigenvalue weighted by atomic mass is 9.67. The number of carbonyl (C=O) groups is 1. The Hall–Kier alpha value is -1.40. The van der Waals surface area contributed by atoms with Crippen molar-refractivity contribution in [3.05, 3.63) is 30.3 Å². The third-order valence-corrected chi connectivity index (χ3v) is 8.39. The molecule has 1 aromatic carbocycles. The SMILES string of the molecule is O=C([C@@H]1CN(S(=O)(=O)c2ccccc2)CC12CCCCC2)N1CCCC1. The Morgan fingerprint density at radius 3 is 2.27 bits per heavy atom. The highest BCUT2D eigenvalue weighted by molar-refractivity contribution is 7.89. The van der Waals surface area contributed by atoms with Crippen molar-refractivity contribution in [3.8, 4) is 0 Å². The average molecular weight is 377 g/mol. The van der Waals surface area contributed by atoms with E-state index in [2.05, 4.69) is 0 Å². The lowest BCUT2D eigenvalue weighted by Gasteiger charge is -2.38. The lowest BCUT2D eigenvalue weighted by Crippen LogP contribution is -2.43. The lowest BCUT2D eigenvalue weighted by molar-refractivity contribution is -0.138. The molecule has 0 unspecified atom stereocenters. The Bertz CT molecular complexity index is 751. The van der Waals surface area contributed by atoms with Crippen LogP contribution in [0.1, 0.15) is 44.9 Å². The molecule has 6 heteroatoms. The molecule has 5 nitrogen and oxygen atoms in total. The maximum Gasteiger partial charge on any atom is 0.243 e. The zero-order valence-electron chi connectivity index (χ0n) is 15.3. The molecule has 0 bridgehead atoms. The average Bonchev–Trinajstić information content (AvgIpc) is 3.32. The number of hydrogen-bond donors (Lipinski definition) is 0. The van der Waals surface area contributed by atoms with Crippen LogP contribution in [0.5, 0.6) is 0 Å². The van der Waals surface area contributed by atoms with E-state index >= 15 is 0 Å².